The minimum Gasteiger partial charge on any atom is -0.493 e. The molecule has 2 amide bonds. The topological polar surface area (TPSA) is 98.6 Å². The van der Waals surface area contributed by atoms with Gasteiger partial charge < -0.3 is 19.7 Å². The van der Waals surface area contributed by atoms with Gasteiger partial charge in [-0.2, -0.15) is 0 Å². The summed E-state index contributed by atoms with van der Waals surface area (Å²) in [7, 11) is 3.07. The summed E-state index contributed by atoms with van der Waals surface area (Å²) in [5.74, 6) is 1.52. The van der Waals surface area contributed by atoms with Gasteiger partial charge in [0.05, 0.1) is 26.5 Å². The quantitative estimate of drug-likeness (QED) is 0.316. The number of hydrogen-bond donors (Lipinski definition) is 1. The molecule has 0 bridgehead atoms. The number of para-hydroxylation sites is 1. The van der Waals surface area contributed by atoms with E-state index in [1.165, 1.54) is 24.4 Å². The first-order chi connectivity index (χ1) is 19.0. The zero-order valence-electron chi connectivity index (χ0n) is 22.0. The van der Waals surface area contributed by atoms with Crippen molar-refractivity contribution in [3.8, 4) is 17.2 Å². The molecule has 0 fully saturated rings. The van der Waals surface area contributed by atoms with Crippen LogP contribution in [0.5, 0.6) is 11.5 Å². The Morgan fingerprint density at radius 1 is 0.974 bits per heavy atom. The van der Waals surface area contributed by atoms with Gasteiger partial charge in [0.2, 0.25) is 5.91 Å². The molecule has 1 N–H and O–H groups in total. The third-order valence-corrected chi connectivity index (χ3v) is 7.44. The highest BCUT2D eigenvalue weighted by Crippen LogP contribution is 2.30. The van der Waals surface area contributed by atoms with Crippen LogP contribution in [0.2, 0.25) is 0 Å². The molecule has 1 aliphatic heterocycles. The monoisotopic (exact) mass is 543 g/mol. The molecular weight excluding hydrogens is 514 g/mol. The number of rotatable bonds is 9. The van der Waals surface area contributed by atoms with Gasteiger partial charge in [0.15, 0.2) is 22.5 Å². The minimum atomic E-state index is -0.285. The third kappa shape index (κ3) is 5.61. The summed E-state index contributed by atoms with van der Waals surface area (Å²) in [5.41, 5.74) is 4.52. The van der Waals surface area contributed by atoms with Crippen LogP contribution in [-0.4, -0.2) is 53.1 Å². The summed E-state index contributed by atoms with van der Waals surface area (Å²) >= 11 is 1.33. The molecule has 1 aliphatic rings. The van der Waals surface area contributed by atoms with Gasteiger partial charge in [-0.3, -0.25) is 14.2 Å². The SMILES string of the molecule is COc1ccc(C(=O)NCc2nnc(SCC(=O)N3CCc4ccccc43)n2-c2cccc(C)c2)cc1OC. The largest absolute Gasteiger partial charge is 0.493 e. The predicted molar refractivity (Wildman–Crippen MR) is 150 cm³/mol. The fraction of sp³-hybridized carbons (Fsp3) is 0.241. The molecule has 0 saturated carbocycles. The van der Waals surface area contributed by atoms with E-state index < -0.39 is 0 Å². The van der Waals surface area contributed by atoms with Gasteiger partial charge in [0, 0.05) is 23.5 Å². The number of benzene rings is 3. The zero-order chi connectivity index (χ0) is 27.4. The Labute approximate surface area is 231 Å². The number of carbonyl (C=O) groups excluding carboxylic acids is 2. The lowest BCUT2D eigenvalue weighted by Crippen LogP contribution is -2.30. The van der Waals surface area contributed by atoms with E-state index in [1.54, 1.807) is 25.3 Å². The van der Waals surface area contributed by atoms with Crippen LogP contribution < -0.4 is 19.7 Å². The van der Waals surface area contributed by atoms with Crippen LogP contribution in [-0.2, 0) is 17.8 Å². The molecule has 0 atom stereocenters. The van der Waals surface area contributed by atoms with Crippen molar-refractivity contribution in [3.05, 3.63) is 89.2 Å². The van der Waals surface area contributed by atoms with Crippen LogP contribution in [0.4, 0.5) is 5.69 Å². The number of nitrogens with zero attached hydrogens (tertiary/aromatic N) is 4. The summed E-state index contributed by atoms with van der Waals surface area (Å²) in [6.07, 6.45) is 0.857. The molecule has 0 aliphatic carbocycles. The first kappa shape index (κ1) is 26.3. The van der Waals surface area contributed by atoms with Crippen molar-refractivity contribution in [2.75, 3.05) is 31.4 Å². The number of aromatic nitrogens is 3. The van der Waals surface area contributed by atoms with Crippen molar-refractivity contribution in [2.24, 2.45) is 0 Å². The first-order valence-corrected chi connectivity index (χ1v) is 13.5. The maximum absolute atomic E-state index is 13.1. The van der Waals surface area contributed by atoms with Gasteiger partial charge in [-0.05, 0) is 60.9 Å². The number of thioether (sulfide) groups is 1. The summed E-state index contributed by atoms with van der Waals surface area (Å²) in [5, 5.41) is 12.3. The second-order valence-electron chi connectivity index (χ2n) is 9.04. The second-order valence-corrected chi connectivity index (χ2v) is 9.98. The molecular formula is C29H29N5O4S. The predicted octanol–water partition coefficient (Wildman–Crippen LogP) is 4.20. The maximum Gasteiger partial charge on any atom is 0.251 e. The van der Waals surface area contributed by atoms with Gasteiger partial charge in [-0.15, -0.1) is 10.2 Å². The van der Waals surface area contributed by atoms with Gasteiger partial charge in [0.1, 0.15) is 0 Å². The molecule has 0 saturated heterocycles. The van der Waals surface area contributed by atoms with Crippen LogP contribution in [0, 0.1) is 6.92 Å². The van der Waals surface area contributed by atoms with E-state index in [-0.39, 0.29) is 24.1 Å². The molecule has 5 rings (SSSR count). The summed E-state index contributed by atoms with van der Waals surface area (Å²) in [6.45, 7) is 2.83. The summed E-state index contributed by atoms with van der Waals surface area (Å²) < 4.78 is 12.5. The van der Waals surface area contributed by atoms with Crippen LogP contribution in [0.15, 0.2) is 71.9 Å². The van der Waals surface area contributed by atoms with E-state index in [0.29, 0.717) is 34.6 Å². The maximum atomic E-state index is 13.1. The van der Waals surface area contributed by atoms with Crippen molar-refractivity contribution >= 4 is 29.3 Å². The van der Waals surface area contributed by atoms with Crippen molar-refractivity contribution in [2.45, 2.75) is 25.0 Å². The van der Waals surface area contributed by atoms with Gasteiger partial charge >= 0.3 is 0 Å². The number of nitrogens with one attached hydrogen (secondary N) is 1. The Kier molecular flexibility index (Phi) is 7.83. The highest BCUT2D eigenvalue weighted by Gasteiger charge is 2.25. The fourth-order valence-electron chi connectivity index (χ4n) is 4.58. The Morgan fingerprint density at radius 2 is 1.79 bits per heavy atom. The van der Waals surface area contributed by atoms with Crippen molar-refractivity contribution in [1.82, 2.24) is 20.1 Å². The second kappa shape index (κ2) is 11.6. The Bertz CT molecular complexity index is 1520. The average Bonchev–Trinajstić information content (AvgIpc) is 3.58. The lowest BCUT2D eigenvalue weighted by atomic mass is 10.2. The zero-order valence-corrected chi connectivity index (χ0v) is 22.8. The molecule has 0 spiro atoms. The Morgan fingerprint density at radius 3 is 2.59 bits per heavy atom. The molecule has 3 aromatic carbocycles. The molecule has 4 aromatic rings. The van der Waals surface area contributed by atoms with Crippen molar-refractivity contribution in [1.29, 1.82) is 0 Å². The van der Waals surface area contributed by atoms with E-state index in [0.717, 1.165) is 23.4 Å². The van der Waals surface area contributed by atoms with E-state index in [1.807, 2.05) is 58.9 Å². The highest BCUT2D eigenvalue weighted by atomic mass is 32.2. The third-order valence-electron chi connectivity index (χ3n) is 6.53. The number of carbonyl (C=O) groups is 2. The standard InChI is InChI=1S/C29H29N5O4S/c1-19-7-6-9-22(15-19)34-26(17-30-28(36)21-11-12-24(37-2)25(16-21)38-3)31-32-29(34)39-18-27(35)33-14-13-20-8-4-5-10-23(20)33/h4-12,15-16H,13-14,17-18H2,1-3H3,(H,30,36). The number of ether oxygens (including phenoxy) is 2. The summed E-state index contributed by atoms with van der Waals surface area (Å²) in [4.78, 5) is 27.9. The Balaban J connectivity index is 1.34. The van der Waals surface area contributed by atoms with Crippen LogP contribution in [0.25, 0.3) is 5.69 Å². The molecule has 200 valence electrons. The number of fused-ring (bicyclic) bond motifs is 1. The fourth-order valence-corrected chi connectivity index (χ4v) is 5.42. The van der Waals surface area contributed by atoms with E-state index in [4.69, 9.17) is 9.47 Å². The first-order valence-electron chi connectivity index (χ1n) is 12.5. The van der Waals surface area contributed by atoms with E-state index in [9.17, 15) is 9.59 Å². The number of anilines is 1. The smallest absolute Gasteiger partial charge is 0.251 e. The highest BCUT2D eigenvalue weighted by molar-refractivity contribution is 7.99. The molecule has 0 unspecified atom stereocenters. The average molecular weight is 544 g/mol. The van der Waals surface area contributed by atoms with Crippen LogP contribution in [0.1, 0.15) is 27.3 Å². The van der Waals surface area contributed by atoms with Crippen LogP contribution in [0.3, 0.4) is 0 Å². The molecule has 0 radical (unpaired) electrons. The molecule has 1 aromatic heterocycles. The lowest BCUT2D eigenvalue weighted by Gasteiger charge is -2.17. The number of methoxy groups -OCH3 is 2. The molecule has 39 heavy (non-hydrogen) atoms. The Hall–Kier alpha value is -4.31. The van der Waals surface area contributed by atoms with Gasteiger partial charge in [0.25, 0.3) is 5.91 Å². The van der Waals surface area contributed by atoms with Gasteiger partial charge in [-0.1, -0.05) is 42.1 Å². The lowest BCUT2D eigenvalue weighted by molar-refractivity contribution is -0.116. The van der Waals surface area contributed by atoms with E-state index >= 15 is 0 Å². The molecule has 10 heteroatoms. The molecule has 2 heterocycles. The number of hydrogen-bond acceptors (Lipinski definition) is 7. The van der Waals surface area contributed by atoms with Gasteiger partial charge in [-0.25, -0.2) is 0 Å². The molecule has 9 nitrogen and oxygen atoms in total. The van der Waals surface area contributed by atoms with Crippen molar-refractivity contribution < 1.29 is 19.1 Å². The number of aryl methyl sites for hydroxylation is 1. The normalized spacial score (nSPS) is 12.2. The van der Waals surface area contributed by atoms with E-state index in [2.05, 4.69) is 21.6 Å². The van der Waals surface area contributed by atoms with Crippen molar-refractivity contribution in [3.63, 3.8) is 0 Å². The summed E-state index contributed by atoms with van der Waals surface area (Å²) in [6, 6.07) is 20.9. The van der Waals surface area contributed by atoms with Crippen LogP contribution >= 0.6 is 11.8 Å². The minimum absolute atomic E-state index is 0.0204. The number of amides is 2.